The quantitative estimate of drug-likeness (QED) is 0.145. The van der Waals surface area contributed by atoms with Gasteiger partial charge in [0.25, 0.3) is 0 Å². The molecule has 3 heterocycles. The number of rotatable bonds is 10. The van der Waals surface area contributed by atoms with Crippen molar-refractivity contribution < 1.29 is 27.8 Å². The summed E-state index contributed by atoms with van der Waals surface area (Å²) in [6, 6.07) is 36.3. The number of benzene rings is 4. The Morgan fingerprint density at radius 2 is 0.688 bits per heavy atom. The fourth-order valence-corrected chi connectivity index (χ4v) is 5.30. The Bertz CT molecular complexity index is 1870. The number of hydrogen-bond acceptors (Lipinski definition) is 9. The maximum absolute atomic E-state index is 6.45. The molecule has 0 spiro atoms. The summed E-state index contributed by atoms with van der Waals surface area (Å²) in [6.45, 7) is 0. The summed E-state index contributed by atoms with van der Waals surface area (Å²) in [5.74, 6) is 4.89. The first-order valence-corrected chi connectivity index (χ1v) is 15.1. The predicted octanol–water partition coefficient (Wildman–Crippen LogP) is 9.09. The molecule has 0 unspecified atom stereocenters. The summed E-state index contributed by atoms with van der Waals surface area (Å²) in [6.07, 6.45) is 0. The molecule has 48 heavy (non-hydrogen) atoms. The van der Waals surface area contributed by atoms with Crippen LogP contribution in [0.15, 0.2) is 124 Å². The Morgan fingerprint density at radius 3 is 1.00 bits per heavy atom. The molecule has 3 aromatic heterocycles. The summed E-state index contributed by atoms with van der Waals surface area (Å²) in [5.41, 5.74) is 5.82. The van der Waals surface area contributed by atoms with E-state index in [0.29, 0.717) is 46.1 Å². The Hall–Kier alpha value is -6.35. The third kappa shape index (κ3) is 5.96. The number of hydrogen-bond donors (Lipinski definition) is 0. The molecule has 4 aromatic carbocycles. The molecule has 9 nitrogen and oxygen atoms in total. The highest BCUT2D eigenvalue weighted by Crippen LogP contribution is 2.39. The number of ether oxygens (including phenoxy) is 4. The zero-order valence-electron chi connectivity index (χ0n) is 26.8. The second-order valence-corrected chi connectivity index (χ2v) is 10.7. The van der Waals surface area contributed by atoms with E-state index in [4.69, 9.17) is 42.7 Å². The van der Waals surface area contributed by atoms with Gasteiger partial charge in [0, 0.05) is 22.3 Å². The Morgan fingerprint density at radius 1 is 0.375 bits per heavy atom. The monoisotopic (exact) mass is 637 g/mol. The molecule has 7 aromatic rings. The van der Waals surface area contributed by atoms with E-state index in [1.165, 1.54) is 0 Å². The molecule has 0 aliphatic rings. The van der Waals surface area contributed by atoms with Gasteiger partial charge in [-0.15, -0.1) is 0 Å². The largest absolute Gasteiger partial charge is 0.497 e. The second kappa shape index (κ2) is 13.2. The van der Waals surface area contributed by atoms with E-state index in [9.17, 15) is 0 Å². The lowest BCUT2D eigenvalue weighted by Crippen LogP contribution is -1.89. The van der Waals surface area contributed by atoms with Gasteiger partial charge in [-0.1, -0.05) is 6.07 Å². The minimum Gasteiger partial charge on any atom is -0.497 e. The number of pyridine rings is 1. The number of nitrogens with zero attached hydrogens (tertiary/aromatic N) is 3. The van der Waals surface area contributed by atoms with Crippen LogP contribution in [-0.2, 0) is 0 Å². The third-order valence-corrected chi connectivity index (χ3v) is 7.87. The smallest absolute Gasteiger partial charge is 0.246 e. The Kier molecular flexibility index (Phi) is 8.32. The van der Waals surface area contributed by atoms with E-state index in [-0.39, 0.29) is 0 Å². The lowest BCUT2D eigenvalue weighted by Gasteiger charge is -2.04. The van der Waals surface area contributed by atoms with E-state index in [1.807, 2.05) is 115 Å². The van der Waals surface area contributed by atoms with Crippen molar-refractivity contribution in [2.24, 2.45) is 0 Å². The van der Waals surface area contributed by atoms with E-state index in [2.05, 4.69) is 0 Å². The molecule has 0 N–H and O–H groups in total. The molecule has 9 heteroatoms. The fourth-order valence-electron chi connectivity index (χ4n) is 5.30. The molecule has 0 saturated heterocycles. The summed E-state index contributed by atoms with van der Waals surface area (Å²) in [4.78, 5) is 14.8. The second-order valence-electron chi connectivity index (χ2n) is 10.7. The predicted molar refractivity (Wildman–Crippen MR) is 183 cm³/mol. The van der Waals surface area contributed by atoms with Crippen LogP contribution in [0.4, 0.5) is 0 Å². The maximum Gasteiger partial charge on any atom is 0.246 e. The molecule has 0 saturated carbocycles. The van der Waals surface area contributed by atoms with Crippen molar-refractivity contribution in [3.8, 4) is 91.3 Å². The van der Waals surface area contributed by atoms with Crippen LogP contribution in [-0.4, -0.2) is 43.4 Å². The normalized spacial score (nSPS) is 10.9. The molecule has 0 aliphatic carbocycles. The molecule has 238 valence electrons. The summed E-state index contributed by atoms with van der Waals surface area (Å²) in [5, 5.41) is 0. The van der Waals surface area contributed by atoms with E-state index >= 15 is 0 Å². The van der Waals surface area contributed by atoms with Gasteiger partial charge in [0.2, 0.25) is 11.8 Å². The zero-order chi connectivity index (χ0) is 33.0. The molecular formula is C39H31N3O6. The Balaban J connectivity index is 1.32. The third-order valence-electron chi connectivity index (χ3n) is 7.87. The fraction of sp³-hybridized carbons (Fsp3) is 0.103. The Labute approximate surface area is 277 Å². The van der Waals surface area contributed by atoms with Crippen molar-refractivity contribution in [3.05, 3.63) is 115 Å². The van der Waals surface area contributed by atoms with Crippen molar-refractivity contribution in [2.75, 3.05) is 28.4 Å². The number of methoxy groups -OCH3 is 4. The van der Waals surface area contributed by atoms with Gasteiger partial charge >= 0.3 is 0 Å². The molecule has 0 bridgehead atoms. The van der Waals surface area contributed by atoms with Gasteiger partial charge in [-0.2, -0.15) is 0 Å². The van der Waals surface area contributed by atoms with Crippen molar-refractivity contribution in [1.29, 1.82) is 0 Å². The standard InChI is InChI=1S/C39H31N3O6/c1-43-28-16-8-24(9-17-28)34-36(26-12-20-30(45-3)21-13-26)47-38(41-34)32-6-5-7-33(40-32)39-42-35(25-10-18-29(44-2)19-11-25)37(48-39)27-14-22-31(46-4)23-15-27/h5-23H,1-4H3. The SMILES string of the molecule is COc1ccc(-c2nc(-c3cccc(-c4nc(-c5ccc(OC)cc5)c(-c5ccc(OC)cc5)o4)n3)oc2-c2ccc(OC)cc2)cc1. The van der Waals surface area contributed by atoms with Gasteiger partial charge < -0.3 is 27.8 Å². The zero-order valence-corrected chi connectivity index (χ0v) is 26.8. The van der Waals surface area contributed by atoms with Crippen LogP contribution in [0.3, 0.4) is 0 Å². The van der Waals surface area contributed by atoms with Gasteiger partial charge in [0.15, 0.2) is 11.5 Å². The van der Waals surface area contributed by atoms with Gasteiger partial charge in [-0.3, -0.25) is 0 Å². The van der Waals surface area contributed by atoms with Crippen molar-refractivity contribution in [2.45, 2.75) is 0 Å². The maximum atomic E-state index is 6.45. The molecule has 0 radical (unpaired) electrons. The van der Waals surface area contributed by atoms with Gasteiger partial charge in [0.1, 0.15) is 45.8 Å². The number of aromatic nitrogens is 3. The van der Waals surface area contributed by atoms with Crippen LogP contribution in [0, 0.1) is 0 Å². The first-order valence-electron chi connectivity index (χ1n) is 15.1. The average molecular weight is 638 g/mol. The first kappa shape index (κ1) is 30.3. The molecule has 0 amide bonds. The number of oxazole rings is 2. The highest BCUT2D eigenvalue weighted by molar-refractivity contribution is 5.81. The molecule has 7 rings (SSSR count). The highest BCUT2D eigenvalue weighted by Gasteiger charge is 2.22. The molecule has 0 fully saturated rings. The lowest BCUT2D eigenvalue weighted by atomic mass is 10.1. The molecule has 0 atom stereocenters. The topological polar surface area (TPSA) is 102 Å². The van der Waals surface area contributed by atoms with Crippen LogP contribution in [0.5, 0.6) is 23.0 Å². The highest BCUT2D eigenvalue weighted by atomic mass is 16.5. The summed E-state index contributed by atoms with van der Waals surface area (Å²) in [7, 11) is 6.55. The van der Waals surface area contributed by atoms with Gasteiger partial charge in [-0.05, 0) is 109 Å². The molecule has 0 aliphatic heterocycles. The average Bonchev–Trinajstić information content (AvgIpc) is 3.81. The van der Waals surface area contributed by atoms with Gasteiger partial charge in [0.05, 0.1) is 28.4 Å². The van der Waals surface area contributed by atoms with Crippen LogP contribution in [0.2, 0.25) is 0 Å². The van der Waals surface area contributed by atoms with Crippen LogP contribution >= 0.6 is 0 Å². The van der Waals surface area contributed by atoms with Gasteiger partial charge in [-0.25, -0.2) is 15.0 Å². The van der Waals surface area contributed by atoms with Crippen LogP contribution in [0.1, 0.15) is 0 Å². The first-order chi connectivity index (χ1) is 23.6. The van der Waals surface area contributed by atoms with Crippen molar-refractivity contribution in [3.63, 3.8) is 0 Å². The lowest BCUT2D eigenvalue weighted by molar-refractivity contribution is 0.414. The molecular weight excluding hydrogens is 606 g/mol. The summed E-state index contributed by atoms with van der Waals surface area (Å²) < 4.78 is 34.4. The minimum absolute atomic E-state index is 0.353. The van der Waals surface area contributed by atoms with Crippen molar-refractivity contribution in [1.82, 2.24) is 15.0 Å². The van der Waals surface area contributed by atoms with E-state index < -0.39 is 0 Å². The van der Waals surface area contributed by atoms with Crippen LogP contribution < -0.4 is 18.9 Å². The summed E-state index contributed by atoms with van der Waals surface area (Å²) >= 11 is 0. The van der Waals surface area contributed by atoms with E-state index in [0.717, 1.165) is 45.3 Å². The van der Waals surface area contributed by atoms with Crippen molar-refractivity contribution >= 4 is 0 Å². The minimum atomic E-state index is 0.353. The van der Waals surface area contributed by atoms with E-state index in [1.54, 1.807) is 28.4 Å². The van der Waals surface area contributed by atoms with Crippen LogP contribution in [0.25, 0.3) is 68.3 Å².